The molecule has 3 saturated heterocycles. The van der Waals surface area contributed by atoms with Crippen molar-refractivity contribution in [3.63, 3.8) is 0 Å². The normalized spacial score (nSPS) is 28.2. The monoisotopic (exact) mass is 347 g/mol. The van der Waals surface area contributed by atoms with E-state index in [-0.39, 0.29) is 23.8 Å². The van der Waals surface area contributed by atoms with Crippen LogP contribution in [0.2, 0.25) is 0 Å². The van der Waals surface area contributed by atoms with Gasteiger partial charge in [0.1, 0.15) is 0 Å². The lowest BCUT2D eigenvalue weighted by molar-refractivity contribution is -0.140. The first kappa shape index (κ1) is 16.1. The summed E-state index contributed by atoms with van der Waals surface area (Å²) >= 11 is 1.57. The van der Waals surface area contributed by atoms with Gasteiger partial charge in [0.05, 0.1) is 23.7 Å². The minimum atomic E-state index is -0.0186. The van der Waals surface area contributed by atoms with Gasteiger partial charge in [0, 0.05) is 30.4 Å². The third-order valence-corrected chi connectivity index (χ3v) is 6.51. The van der Waals surface area contributed by atoms with Crippen LogP contribution in [0.25, 0.3) is 0 Å². The zero-order chi connectivity index (χ0) is 16.5. The fraction of sp³-hybridized carbons (Fsp3) is 0.722. The number of amides is 2. The summed E-state index contributed by atoms with van der Waals surface area (Å²) < 4.78 is 0. The summed E-state index contributed by atoms with van der Waals surface area (Å²) in [5, 5.41) is 2.01. The van der Waals surface area contributed by atoms with Gasteiger partial charge in [0.25, 0.3) is 0 Å². The molecule has 4 fully saturated rings. The predicted octanol–water partition coefficient (Wildman–Crippen LogP) is 2.67. The Balaban J connectivity index is 1.49. The Morgan fingerprint density at radius 2 is 2.00 bits per heavy atom. The lowest BCUT2D eigenvalue weighted by Crippen LogP contribution is -2.47. The van der Waals surface area contributed by atoms with Gasteiger partial charge >= 0.3 is 0 Å². The van der Waals surface area contributed by atoms with E-state index in [0.29, 0.717) is 25.5 Å². The van der Waals surface area contributed by atoms with Crippen molar-refractivity contribution >= 4 is 23.2 Å². The Hall–Kier alpha value is -1.43. The minimum Gasteiger partial charge on any atom is -0.340 e. The highest BCUT2D eigenvalue weighted by Gasteiger charge is 2.42. The van der Waals surface area contributed by atoms with Crippen LogP contribution in [-0.2, 0) is 16.1 Å². The van der Waals surface area contributed by atoms with Crippen LogP contribution in [0.5, 0.6) is 0 Å². The number of thiazole rings is 1. The summed E-state index contributed by atoms with van der Waals surface area (Å²) in [5.74, 6) is 0.696. The van der Waals surface area contributed by atoms with E-state index in [9.17, 15) is 9.59 Å². The molecule has 5 rings (SSSR count). The van der Waals surface area contributed by atoms with Crippen molar-refractivity contribution in [2.75, 3.05) is 13.1 Å². The fourth-order valence-corrected chi connectivity index (χ4v) is 5.08. The highest BCUT2D eigenvalue weighted by Crippen LogP contribution is 2.33. The predicted molar refractivity (Wildman–Crippen MR) is 92.3 cm³/mol. The molecule has 1 aromatic rings. The largest absolute Gasteiger partial charge is 0.340 e. The van der Waals surface area contributed by atoms with Crippen LogP contribution in [0.3, 0.4) is 0 Å². The van der Waals surface area contributed by atoms with E-state index in [1.165, 1.54) is 19.3 Å². The maximum atomic E-state index is 12.9. The number of carbonyl (C=O) groups is 2. The zero-order valence-electron chi connectivity index (χ0n) is 14.0. The van der Waals surface area contributed by atoms with E-state index < -0.39 is 0 Å². The first-order valence-corrected chi connectivity index (χ1v) is 10.1. The zero-order valence-corrected chi connectivity index (χ0v) is 14.8. The number of hydrogen-bond acceptors (Lipinski definition) is 4. The van der Waals surface area contributed by atoms with Crippen molar-refractivity contribution in [2.24, 2.45) is 11.8 Å². The van der Waals surface area contributed by atoms with E-state index in [1.54, 1.807) is 11.3 Å². The van der Waals surface area contributed by atoms with Gasteiger partial charge in [-0.05, 0) is 25.7 Å². The summed E-state index contributed by atoms with van der Waals surface area (Å²) in [6.07, 6.45) is 7.59. The number of piperidine rings is 1. The summed E-state index contributed by atoms with van der Waals surface area (Å²) in [6, 6.07) is 0.158. The maximum absolute atomic E-state index is 12.9. The minimum absolute atomic E-state index is 0.0186. The molecule has 0 spiro atoms. The second kappa shape index (κ2) is 6.82. The molecule has 5 nitrogen and oxygen atoms in total. The molecule has 4 aliphatic rings. The highest BCUT2D eigenvalue weighted by atomic mass is 32.1. The molecular formula is C18H25N3O2S. The van der Waals surface area contributed by atoms with Crippen LogP contribution >= 0.6 is 11.3 Å². The van der Waals surface area contributed by atoms with Crippen molar-refractivity contribution in [1.82, 2.24) is 14.8 Å². The molecule has 1 aromatic heterocycles. The standard InChI is InChI=1S/C18H25N3O2S/c22-17(13-4-2-1-3-5-13)20-8-14-6-7-16(10-20)21(18(14)23)9-15-11-24-12-19-15/h11-14,16H,1-10H2/t14-,16+/m0/s1. The molecule has 0 radical (unpaired) electrons. The summed E-state index contributed by atoms with van der Waals surface area (Å²) in [4.78, 5) is 34.1. The van der Waals surface area contributed by atoms with Gasteiger partial charge in [-0.2, -0.15) is 0 Å². The molecule has 2 bridgehead atoms. The van der Waals surface area contributed by atoms with Gasteiger partial charge in [0.2, 0.25) is 11.8 Å². The van der Waals surface area contributed by atoms with Crippen LogP contribution in [-0.4, -0.2) is 45.7 Å². The number of carbonyl (C=O) groups excluding carboxylic acids is 2. The molecule has 2 amide bonds. The van der Waals surface area contributed by atoms with Gasteiger partial charge in [-0.15, -0.1) is 11.3 Å². The molecule has 0 N–H and O–H groups in total. The fourth-order valence-electron chi connectivity index (χ4n) is 4.53. The number of hydrogen-bond donors (Lipinski definition) is 0. The van der Waals surface area contributed by atoms with Crippen LogP contribution < -0.4 is 0 Å². The van der Waals surface area contributed by atoms with Crippen molar-refractivity contribution in [1.29, 1.82) is 0 Å². The maximum Gasteiger partial charge on any atom is 0.228 e. The van der Waals surface area contributed by atoms with Crippen molar-refractivity contribution in [3.8, 4) is 0 Å². The Morgan fingerprint density at radius 3 is 2.75 bits per heavy atom. The van der Waals surface area contributed by atoms with E-state index in [4.69, 9.17) is 0 Å². The molecule has 24 heavy (non-hydrogen) atoms. The summed E-state index contributed by atoms with van der Waals surface area (Å²) in [7, 11) is 0. The molecule has 6 heteroatoms. The van der Waals surface area contributed by atoms with Crippen LogP contribution in [0.4, 0.5) is 0 Å². The van der Waals surface area contributed by atoms with Crippen molar-refractivity contribution in [2.45, 2.75) is 57.5 Å². The third-order valence-electron chi connectivity index (χ3n) is 5.88. The Bertz CT molecular complexity index is 597. The van der Waals surface area contributed by atoms with Crippen molar-refractivity contribution in [3.05, 3.63) is 16.6 Å². The SMILES string of the molecule is O=C(C1CCCCC1)N1C[C@@H]2CC[C@H](C1)N(Cc1cscn1)C2=O. The topological polar surface area (TPSA) is 53.5 Å². The van der Waals surface area contributed by atoms with Gasteiger partial charge in [-0.1, -0.05) is 19.3 Å². The average Bonchev–Trinajstić information content (AvgIpc) is 2.98. The van der Waals surface area contributed by atoms with E-state index in [1.807, 2.05) is 20.7 Å². The van der Waals surface area contributed by atoms with Crippen molar-refractivity contribution < 1.29 is 9.59 Å². The van der Waals surface area contributed by atoms with Crippen LogP contribution in [0.1, 0.15) is 50.6 Å². The number of nitrogens with zero attached hydrogens (tertiary/aromatic N) is 3. The second-order valence-electron chi connectivity index (χ2n) is 7.45. The first-order chi connectivity index (χ1) is 11.7. The molecule has 4 heterocycles. The second-order valence-corrected chi connectivity index (χ2v) is 8.17. The van der Waals surface area contributed by atoms with E-state index in [0.717, 1.165) is 31.4 Å². The van der Waals surface area contributed by atoms with Gasteiger partial charge < -0.3 is 9.80 Å². The molecule has 0 aromatic carbocycles. The summed E-state index contributed by atoms with van der Waals surface area (Å²) in [6.45, 7) is 1.93. The number of aromatic nitrogens is 1. The average molecular weight is 347 g/mol. The molecule has 0 unspecified atom stereocenters. The van der Waals surface area contributed by atoms with E-state index >= 15 is 0 Å². The van der Waals surface area contributed by atoms with Gasteiger partial charge in [0.15, 0.2) is 0 Å². The van der Waals surface area contributed by atoms with Gasteiger partial charge in [-0.3, -0.25) is 9.59 Å². The summed E-state index contributed by atoms with van der Waals surface area (Å²) in [5.41, 5.74) is 2.78. The van der Waals surface area contributed by atoms with Crippen LogP contribution in [0, 0.1) is 11.8 Å². The first-order valence-electron chi connectivity index (χ1n) is 9.18. The molecule has 3 aliphatic heterocycles. The Labute approximate surface area is 147 Å². The number of fused-ring (bicyclic) bond motifs is 4. The quantitative estimate of drug-likeness (QED) is 0.845. The highest BCUT2D eigenvalue weighted by molar-refractivity contribution is 7.07. The molecule has 1 aliphatic carbocycles. The van der Waals surface area contributed by atoms with Crippen LogP contribution in [0.15, 0.2) is 10.9 Å². The lowest BCUT2D eigenvalue weighted by atomic mass is 9.88. The smallest absolute Gasteiger partial charge is 0.228 e. The number of rotatable bonds is 3. The third kappa shape index (κ3) is 3.08. The molecule has 2 atom stereocenters. The Kier molecular flexibility index (Phi) is 4.57. The lowest BCUT2D eigenvalue weighted by Gasteiger charge is -2.35. The Morgan fingerprint density at radius 1 is 1.17 bits per heavy atom. The molecular weight excluding hydrogens is 322 g/mol. The molecule has 1 saturated carbocycles. The van der Waals surface area contributed by atoms with Gasteiger partial charge in [-0.25, -0.2) is 4.98 Å². The molecule has 130 valence electrons. The van der Waals surface area contributed by atoms with E-state index in [2.05, 4.69) is 4.98 Å².